The second-order valence-corrected chi connectivity index (χ2v) is 5.16. The van der Waals surface area contributed by atoms with Crippen molar-refractivity contribution >= 4 is 0 Å². The Morgan fingerprint density at radius 2 is 2.19 bits per heavy atom. The van der Waals surface area contributed by atoms with Crippen LogP contribution >= 0.6 is 0 Å². The highest BCUT2D eigenvalue weighted by atomic mass is 15.3. The Balaban J connectivity index is 1.94. The van der Waals surface area contributed by atoms with Crippen molar-refractivity contribution in [2.75, 3.05) is 26.2 Å². The van der Waals surface area contributed by atoms with Gasteiger partial charge in [-0.3, -0.25) is 9.80 Å². The maximum absolute atomic E-state index is 5.38. The quantitative estimate of drug-likeness (QED) is 0.671. The Kier molecular flexibility index (Phi) is 4.26. The van der Waals surface area contributed by atoms with Crippen LogP contribution in [-0.4, -0.2) is 48.1 Å². The fraction of sp³-hybridized carbons (Fsp3) is 0.857. The number of piperidine rings is 1. The van der Waals surface area contributed by atoms with Crippen molar-refractivity contribution in [3.63, 3.8) is 0 Å². The Morgan fingerprint density at radius 3 is 2.94 bits per heavy atom. The number of hydrogen-bond donors (Lipinski definition) is 0. The molecule has 2 fully saturated rings. The monoisotopic (exact) mass is 220 g/mol. The Morgan fingerprint density at radius 1 is 1.31 bits per heavy atom. The minimum absolute atomic E-state index is 0.739. The van der Waals surface area contributed by atoms with Gasteiger partial charge in [-0.1, -0.05) is 13.3 Å². The largest absolute Gasteiger partial charge is 0.298 e. The first-order valence-corrected chi connectivity index (χ1v) is 6.76. The second kappa shape index (κ2) is 5.70. The lowest BCUT2D eigenvalue weighted by Crippen LogP contribution is -2.59. The van der Waals surface area contributed by atoms with E-state index in [4.69, 9.17) is 6.42 Å². The summed E-state index contributed by atoms with van der Waals surface area (Å²) in [4.78, 5) is 5.34. The van der Waals surface area contributed by atoms with Crippen LogP contribution in [0.4, 0.5) is 0 Å². The first-order valence-electron chi connectivity index (χ1n) is 6.76. The zero-order chi connectivity index (χ0) is 11.4. The van der Waals surface area contributed by atoms with E-state index < -0.39 is 0 Å². The summed E-state index contributed by atoms with van der Waals surface area (Å²) < 4.78 is 0. The normalized spacial score (nSPS) is 32.0. The molecule has 2 saturated heterocycles. The van der Waals surface area contributed by atoms with Gasteiger partial charge in [0.05, 0.1) is 0 Å². The highest BCUT2D eigenvalue weighted by Gasteiger charge is 2.33. The highest BCUT2D eigenvalue weighted by Crippen LogP contribution is 2.25. The predicted molar refractivity (Wildman–Crippen MR) is 68.3 cm³/mol. The van der Waals surface area contributed by atoms with Crippen LogP contribution in [-0.2, 0) is 0 Å². The molecule has 2 aliphatic rings. The lowest BCUT2D eigenvalue weighted by molar-refractivity contribution is 0.00884. The van der Waals surface area contributed by atoms with Gasteiger partial charge in [-0.25, -0.2) is 0 Å². The first kappa shape index (κ1) is 12.0. The number of hydrogen-bond acceptors (Lipinski definition) is 2. The zero-order valence-electron chi connectivity index (χ0n) is 10.5. The van der Waals surface area contributed by atoms with Crippen molar-refractivity contribution in [2.45, 2.75) is 51.1 Å². The Bertz CT molecular complexity index is 256. The van der Waals surface area contributed by atoms with Gasteiger partial charge in [-0.05, 0) is 25.8 Å². The van der Waals surface area contributed by atoms with Crippen LogP contribution in [0.25, 0.3) is 0 Å². The molecule has 2 heteroatoms. The van der Waals surface area contributed by atoms with Crippen LogP contribution in [0.5, 0.6) is 0 Å². The standard InChI is InChI=1S/C14H24N2/c1-3-5-9-15-12-14-8-6-7-10-16(14)11-13(15)4-2/h1,13-14H,4-12H2,2H3. The summed E-state index contributed by atoms with van der Waals surface area (Å²) >= 11 is 0. The summed E-state index contributed by atoms with van der Waals surface area (Å²) in [5.74, 6) is 2.78. The van der Waals surface area contributed by atoms with Gasteiger partial charge in [0, 0.05) is 38.1 Å². The summed E-state index contributed by atoms with van der Waals surface area (Å²) in [5.41, 5.74) is 0. The average molecular weight is 220 g/mol. The summed E-state index contributed by atoms with van der Waals surface area (Å²) in [5, 5.41) is 0. The van der Waals surface area contributed by atoms with E-state index in [1.54, 1.807) is 0 Å². The van der Waals surface area contributed by atoms with Gasteiger partial charge in [0.25, 0.3) is 0 Å². The minimum atomic E-state index is 0.739. The SMILES string of the molecule is C#CCCN1CC2CCCCN2CC1CC. The van der Waals surface area contributed by atoms with E-state index in [2.05, 4.69) is 22.6 Å². The van der Waals surface area contributed by atoms with Crippen LogP contribution < -0.4 is 0 Å². The van der Waals surface area contributed by atoms with E-state index in [0.29, 0.717) is 0 Å². The molecule has 2 atom stereocenters. The van der Waals surface area contributed by atoms with Gasteiger partial charge < -0.3 is 0 Å². The lowest BCUT2D eigenvalue weighted by Gasteiger charge is -2.48. The van der Waals surface area contributed by atoms with E-state index >= 15 is 0 Å². The third-order valence-corrected chi connectivity index (χ3v) is 4.17. The maximum atomic E-state index is 5.38. The third kappa shape index (κ3) is 2.59. The van der Waals surface area contributed by atoms with E-state index in [1.165, 1.54) is 45.3 Å². The molecule has 2 heterocycles. The van der Waals surface area contributed by atoms with E-state index in [1.807, 2.05) is 0 Å². The molecule has 0 aromatic rings. The Hall–Kier alpha value is -0.520. The molecule has 2 aliphatic heterocycles. The fourth-order valence-corrected chi connectivity index (χ4v) is 3.18. The molecular formula is C14H24N2. The predicted octanol–water partition coefficient (Wildman–Crippen LogP) is 1.96. The number of piperazine rings is 1. The first-order chi connectivity index (χ1) is 7.85. The number of terminal acetylenes is 1. The molecule has 0 aliphatic carbocycles. The molecular weight excluding hydrogens is 196 g/mol. The van der Waals surface area contributed by atoms with Crippen molar-refractivity contribution in [3.05, 3.63) is 0 Å². The fourth-order valence-electron chi connectivity index (χ4n) is 3.18. The summed E-state index contributed by atoms with van der Waals surface area (Å²) in [7, 11) is 0. The molecule has 16 heavy (non-hydrogen) atoms. The van der Waals surface area contributed by atoms with Crippen molar-refractivity contribution < 1.29 is 0 Å². The van der Waals surface area contributed by atoms with Crippen LogP contribution in [0.3, 0.4) is 0 Å². The molecule has 90 valence electrons. The molecule has 0 amide bonds. The summed E-state index contributed by atoms with van der Waals surface area (Å²) in [6.07, 6.45) is 11.8. The van der Waals surface area contributed by atoms with Crippen LogP contribution in [0.1, 0.15) is 39.0 Å². The van der Waals surface area contributed by atoms with E-state index in [0.717, 1.165) is 25.0 Å². The molecule has 0 N–H and O–H groups in total. The van der Waals surface area contributed by atoms with Crippen molar-refractivity contribution in [3.8, 4) is 12.3 Å². The maximum Gasteiger partial charge on any atom is 0.0223 e. The third-order valence-electron chi connectivity index (χ3n) is 4.17. The number of fused-ring (bicyclic) bond motifs is 1. The van der Waals surface area contributed by atoms with Crippen LogP contribution in [0, 0.1) is 12.3 Å². The lowest BCUT2D eigenvalue weighted by atomic mass is 9.95. The average Bonchev–Trinajstić information content (AvgIpc) is 2.35. The summed E-state index contributed by atoms with van der Waals surface area (Å²) in [6.45, 7) is 7.24. The minimum Gasteiger partial charge on any atom is -0.298 e. The highest BCUT2D eigenvalue weighted by molar-refractivity contribution is 4.92. The Labute approximate surface area is 100.0 Å². The van der Waals surface area contributed by atoms with Crippen molar-refractivity contribution in [1.82, 2.24) is 9.80 Å². The molecule has 0 radical (unpaired) electrons. The molecule has 0 aromatic heterocycles. The van der Waals surface area contributed by atoms with Gasteiger partial charge in [0.1, 0.15) is 0 Å². The van der Waals surface area contributed by atoms with Gasteiger partial charge in [-0.2, -0.15) is 0 Å². The zero-order valence-corrected chi connectivity index (χ0v) is 10.5. The van der Waals surface area contributed by atoms with E-state index in [-0.39, 0.29) is 0 Å². The van der Waals surface area contributed by atoms with Gasteiger partial charge in [0.2, 0.25) is 0 Å². The molecule has 2 unspecified atom stereocenters. The van der Waals surface area contributed by atoms with Crippen molar-refractivity contribution in [1.29, 1.82) is 0 Å². The van der Waals surface area contributed by atoms with Gasteiger partial charge in [-0.15, -0.1) is 12.3 Å². The van der Waals surface area contributed by atoms with E-state index in [9.17, 15) is 0 Å². The topological polar surface area (TPSA) is 6.48 Å². The van der Waals surface area contributed by atoms with Crippen LogP contribution in [0.15, 0.2) is 0 Å². The smallest absolute Gasteiger partial charge is 0.0223 e. The van der Waals surface area contributed by atoms with Gasteiger partial charge >= 0.3 is 0 Å². The molecule has 0 spiro atoms. The summed E-state index contributed by atoms with van der Waals surface area (Å²) in [6, 6.07) is 1.55. The number of rotatable bonds is 3. The van der Waals surface area contributed by atoms with Crippen molar-refractivity contribution in [2.24, 2.45) is 0 Å². The van der Waals surface area contributed by atoms with Crippen LogP contribution in [0.2, 0.25) is 0 Å². The van der Waals surface area contributed by atoms with Gasteiger partial charge in [0.15, 0.2) is 0 Å². The second-order valence-electron chi connectivity index (χ2n) is 5.16. The molecule has 0 aromatic carbocycles. The molecule has 2 rings (SSSR count). The molecule has 0 bridgehead atoms. The molecule has 0 saturated carbocycles. The number of nitrogens with zero attached hydrogens (tertiary/aromatic N) is 2. The molecule has 2 nitrogen and oxygen atoms in total.